The van der Waals surface area contributed by atoms with E-state index in [1.807, 2.05) is 0 Å². The summed E-state index contributed by atoms with van der Waals surface area (Å²) in [5.41, 5.74) is 1.33. The summed E-state index contributed by atoms with van der Waals surface area (Å²) in [6.45, 7) is 0. The Morgan fingerprint density at radius 1 is 0.846 bits per heavy atom. The van der Waals surface area contributed by atoms with Crippen LogP contribution in [0.15, 0.2) is 0 Å². The lowest BCUT2D eigenvalue weighted by Gasteiger charge is -2.66. The summed E-state index contributed by atoms with van der Waals surface area (Å²) in [4.78, 5) is 0. The fourth-order valence-electron chi connectivity index (χ4n) is 4.47. The fourth-order valence-corrected chi connectivity index (χ4v) is 4.47. The number of hydrogen-bond donors (Lipinski definition) is 1. The number of aliphatic hydroxyl groups is 1. The first-order valence-electron chi connectivity index (χ1n) is 5.95. The van der Waals surface area contributed by atoms with E-state index in [1.54, 1.807) is 0 Å². The van der Waals surface area contributed by atoms with Crippen LogP contribution in [-0.4, -0.2) is 11.2 Å². The summed E-state index contributed by atoms with van der Waals surface area (Å²) in [5.74, 6) is 0. The van der Waals surface area contributed by atoms with E-state index in [0.29, 0.717) is 10.8 Å². The lowest BCUT2D eigenvalue weighted by molar-refractivity contribution is -0.175. The maximum Gasteiger partial charge on any atom is 0.0546 e. The molecule has 3 rings (SSSR count). The molecule has 0 amide bonds. The third kappa shape index (κ3) is 0.918. The van der Waals surface area contributed by atoms with Crippen LogP contribution in [0.2, 0.25) is 0 Å². The van der Waals surface area contributed by atoms with E-state index in [4.69, 9.17) is 0 Å². The van der Waals surface area contributed by atoms with E-state index in [2.05, 4.69) is 0 Å². The van der Waals surface area contributed by atoms with Gasteiger partial charge in [-0.2, -0.15) is 0 Å². The molecule has 3 saturated carbocycles. The summed E-state index contributed by atoms with van der Waals surface area (Å²) < 4.78 is 0. The highest BCUT2D eigenvalue weighted by atomic mass is 16.3. The molecule has 3 fully saturated rings. The molecule has 0 saturated heterocycles. The molecule has 0 aromatic carbocycles. The van der Waals surface area contributed by atoms with Crippen molar-refractivity contribution in [2.45, 2.75) is 63.9 Å². The highest BCUT2D eigenvalue weighted by Crippen LogP contribution is 2.70. The van der Waals surface area contributed by atoms with Crippen molar-refractivity contribution in [3.05, 3.63) is 0 Å². The monoisotopic (exact) mass is 180 g/mol. The van der Waals surface area contributed by atoms with Crippen LogP contribution < -0.4 is 0 Å². The largest absolute Gasteiger partial charge is 0.393 e. The predicted molar refractivity (Wildman–Crippen MR) is 52.4 cm³/mol. The van der Waals surface area contributed by atoms with Crippen LogP contribution in [0.5, 0.6) is 0 Å². The molecule has 0 aromatic heterocycles. The zero-order valence-corrected chi connectivity index (χ0v) is 8.39. The average molecular weight is 180 g/mol. The average Bonchev–Trinajstić information content (AvgIpc) is 2.11. The summed E-state index contributed by atoms with van der Waals surface area (Å²) in [6, 6.07) is 0. The smallest absolute Gasteiger partial charge is 0.0546 e. The lowest BCUT2D eigenvalue weighted by Crippen LogP contribution is -2.57. The zero-order chi connectivity index (χ0) is 8.94. The minimum absolute atomic E-state index is 0.0338. The highest BCUT2D eigenvalue weighted by Gasteiger charge is 2.60. The molecule has 0 spiro atoms. The molecule has 1 N–H and O–H groups in total. The third-order valence-electron chi connectivity index (χ3n) is 5.35. The number of aliphatic hydroxyl groups excluding tert-OH is 1. The van der Waals surface area contributed by atoms with Crippen LogP contribution in [0.25, 0.3) is 0 Å². The molecule has 0 aliphatic heterocycles. The molecule has 3 atom stereocenters. The molecule has 0 radical (unpaired) electrons. The van der Waals surface area contributed by atoms with Gasteiger partial charge < -0.3 is 5.11 Å². The second-order valence-corrected chi connectivity index (χ2v) is 5.66. The van der Waals surface area contributed by atoms with Gasteiger partial charge in [-0.3, -0.25) is 0 Å². The fraction of sp³-hybridized carbons (Fsp3) is 1.00. The lowest BCUT2D eigenvalue weighted by atomic mass is 9.39. The predicted octanol–water partition coefficient (Wildman–Crippen LogP) is 2.87. The van der Waals surface area contributed by atoms with E-state index < -0.39 is 0 Å². The Morgan fingerprint density at radius 3 is 2.23 bits per heavy atom. The molecule has 0 unspecified atom stereocenters. The molecule has 13 heavy (non-hydrogen) atoms. The van der Waals surface area contributed by atoms with Crippen molar-refractivity contribution in [2.75, 3.05) is 0 Å². The zero-order valence-electron chi connectivity index (χ0n) is 8.39. The standard InChI is InChI=1S/C12H20O/c13-10-3-6-11-4-1-2-5-12(11,9-10)8-7-11/h10,13H,1-9H2/t10-,11+,12+/m0/s1. The maximum absolute atomic E-state index is 9.76. The van der Waals surface area contributed by atoms with Crippen LogP contribution in [0.4, 0.5) is 0 Å². The third-order valence-corrected chi connectivity index (χ3v) is 5.35. The Hall–Kier alpha value is -0.0400. The van der Waals surface area contributed by atoms with E-state index in [1.165, 1.54) is 44.9 Å². The minimum atomic E-state index is 0.0338. The van der Waals surface area contributed by atoms with Crippen molar-refractivity contribution in [1.82, 2.24) is 0 Å². The molecule has 1 heteroatoms. The van der Waals surface area contributed by atoms with Gasteiger partial charge in [0.25, 0.3) is 0 Å². The molecule has 74 valence electrons. The van der Waals surface area contributed by atoms with Gasteiger partial charge in [0.2, 0.25) is 0 Å². The number of rotatable bonds is 0. The summed E-state index contributed by atoms with van der Waals surface area (Å²) in [7, 11) is 0. The van der Waals surface area contributed by atoms with Crippen molar-refractivity contribution >= 4 is 0 Å². The first-order chi connectivity index (χ1) is 6.27. The van der Waals surface area contributed by atoms with Gasteiger partial charge in [0.05, 0.1) is 6.10 Å². The molecular weight excluding hydrogens is 160 g/mol. The van der Waals surface area contributed by atoms with Crippen molar-refractivity contribution in [3.8, 4) is 0 Å². The van der Waals surface area contributed by atoms with Crippen molar-refractivity contribution < 1.29 is 5.11 Å². The van der Waals surface area contributed by atoms with Crippen molar-refractivity contribution in [2.24, 2.45) is 10.8 Å². The Labute approximate surface area is 80.5 Å². The molecule has 0 heterocycles. The van der Waals surface area contributed by atoms with Crippen molar-refractivity contribution in [3.63, 3.8) is 0 Å². The van der Waals surface area contributed by atoms with Gasteiger partial charge in [0, 0.05) is 0 Å². The maximum atomic E-state index is 9.76. The van der Waals surface area contributed by atoms with E-state index in [-0.39, 0.29) is 6.10 Å². The molecule has 0 aromatic rings. The van der Waals surface area contributed by atoms with E-state index in [0.717, 1.165) is 12.8 Å². The van der Waals surface area contributed by atoms with E-state index >= 15 is 0 Å². The normalized spacial score (nSPS) is 54.7. The van der Waals surface area contributed by atoms with Crippen molar-refractivity contribution in [1.29, 1.82) is 0 Å². The Kier molecular flexibility index (Phi) is 1.59. The topological polar surface area (TPSA) is 20.2 Å². The highest BCUT2D eigenvalue weighted by molar-refractivity contribution is 5.11. The second-order valence-electron chi connectivity index (χ2n) is 5.66. The molecular formula is C12H20O. The minimum Gasteiger partial charge on any atom is -0.393 e. The van der Waals surface area contributed by atoms with Gasteiger partial charge in [-0.25, -0.2) is 0 Å². The molecule has 0 bridgehead atoms. The van der Waals surface area contributed by atoms with Crippen LogP contribution in [0, 0.1) is 10.8 Å². The molecule has 3 aliphatic rings. The van der Waals surface area contributed by atoms with Crippen LogP contribution >= 0.6 is 0 Å². The van der Waals surface area contributed by atoms with Crippen LogP contribution in [0.1, 0.15) is 57.8 Å². The van der Waals surface area contributed by atoms with Crippen LogP contribution in [-0.2, 0) is 0 Å². The van der Waals surface area contributed by atoms with Gasteiger partial charge in [-0.05, 0) is 55.8 Å². The van der Waals surface area contributed by atoms with Gasteiger partial charge in [0.15, 0.2) is 0 Å². The summed E-state index contributed by atoms with van der Waals surface area (Å²) in [6.07, 6.45) is 12.2. The van der Waals surface area contributed by atoms with Gasteiger partial charge in [-0.15, -0.1) is 0 Å². The van der Waals surface area contributed by atoms with E-state index in [9.17, 15) is 5.11 Å². The first-order valence-corrected chi connectivity index (χ1v) is 5.95. The molecule has 1 nitrogen and oxygen atoms in total. The van der Waals surface area contributed by atoms with Gasteiger partial charge in [-0.1, -0.05) is 12.8 Å². The first kappa shape index (κ1) is 8.28. The molecule has 3 aliphatic carbocycles. The Bertz CT molecular complexity index is 225. The summed E-state index contributed by atoms with van der Waals surface area (Å²) in [5, 5.41) is 9.76. The van der Waals surface area contributed by atoms with Gasteiger partial charge >= 0.3 is 0 Å². The van der Waals surface area contributed by atoms with Crippen LogP contribution in [0.3, 0.4) is 0 Å². The SMILES string of the molecule is O[C@H]1CC[C@@]23CCCC[C@@]2(CC3)C1. The Morgan fingerprint density at radius 2 is 1.54 bits per heavy atom. The summed E-state index contributed by atoms with van der Waals surface area (Å²) >= 11 is 0. The Balaban J connectivity index is 1.89. The second kappa shape index (κ2) is 2.50. The number of hydrogen-bond acceptors (Lipinski definition) is 1. The quantitative estimate of drug-likeness (QED) is 0.607. The van der Waals surface area contributed by atoms with Gasteiger partial charge in [0.1, 0.15) is 0 Å².